The number of aryl methyl sites for hydroxylation is 2. The Balaban J connectivity index is 1.23. The number of nitrogens with one attached hydrogen (secondary N) is 1. The molecule has 1 saturated heterocycles. The standard InChI is InChI=1S/C36H39BrFN3O4/c1-23-5-2-3-7-25(23)16-17-40(28-13-14-28)35(42)34-30(20-29-21-39-22-32(34)41(29)36(43)44)26-10-8-24(9-11-26)6-4-18-45-33-19-27(38)12-15-31(33)37/h2-3,5,7-12,15,19,28-29,32,39H,4,6,13-14,16-18,20-22H2,1H3,(H,43,44)/t29-,32-/m1/s1. The Labute approximate surface area is 272 Å². The van der Waals surface area contributed by atoms with Crippen LogP contribution in [0.25, 0.3) is 5.57 Å². The van der Waals surface area contributed by atoms with Gasteiger partial charge in [0, 0.05) is 37.3 Å². The number of amides is 2. The molecule has 6 rings (SSSR count). The van der Waals surface area contributed by atoms with Crippen LogP contribution in [0, 0.1) is 12.7 Å². The van der Waals surface area contributed by atoms with Gasteiger partial charge >= 0.3 is 6.09 Å². The van der Waals surface area contributed by atoms with Gasteiger partial charge in [0.25, 0.3) is 5.91 Å². The van der Waals surface area contributed by atoms with Crippen molar-refractivity contribution in [1.82, 2.24) is 15.1 Å². The molecule has 0 aromatic heterocycles. The van der Waals surface area contributed by atoms with Crippen molar-refractivity contribution in [3.8, 4) is 5.75 Å². The number of fused-ring (bicyclic) bond motifs is 2. The van der Waals surface area contributed by atoms with Crippen LogP contribution in [0.3, 0.4) is 0 Å². The molecule has 0 unspecified atom stereocenters. The summed E-state index contributed by atoms with van der Waals surface area (Å²) in [6.45, 7) is 4.14. The summed E-state index contributed by atoms with van der Waals surface area (Å²) in [5, 5.41) is 13.6. The van der Waals surface area contributed by atoms with Crippen LogP contribution in [0.15, 0.2) is 76.8 Å². The van der Waals surface area contributed by atoms with Crippen molar-refractivity contribution in [2.75, 3.05) is 26.2 Å². The molecule has 0 spiro atoms. The van der Waals surface area contributed by atoms with Gasteiger partial charge in [-0.05, 0) is 101 Å². The molecule has 1 aliphatic carbocycles. The van der Waals surface area contributed by atoms with Crippen LogP contribution < -0.4 is 10.1 Å². The highest BCUT2D eigenvalue weighted by atomic mass is 79.9. The molecular weight excluding hydrogens is 637 g/mol. The largest absolute Gasteiger partial charge is 0.492 e. The minimum absolute atomic E-state index is 0.0378. The van der Waals surface area contributed by atoms with Crippen molar-refractivity contribution in [3.05, 3.63) is 105 Å². The number of carbonyl (C=O) groups is 2. The second-order valence-corrected chi connectivity index (χ2v) is 13.1. The van der Waals surface area contributed by atoms with Gasteiger partial charge in [0.15, 0.2) is 0 Å². The predicted molar refractivity (Wildman–Crippen MR) is 176 cm³/mol. The van der Waals surface area contributed by atoms with Gasteiger partial charge in [0.2, 0.25) is 0 Å². The van der Waals surface area contributed by atoms with Crippen molar-refractivity contribution in [1.29, 1.82) is 0 Å². The van der Waals surface area contributed by atoms with Crippen LogP contribution >= 0.6 is 15.9 Å². The van der Waals surface area contributed by atoms with E-state index in [1.165, 1.54) is 28.2 Å². The van der Waals surface area contributed by atoms with Crippen LogP contribution in [-0.2, 0) is 17.6 Å². The summed E-state index contributed by atoms with van der Waals surface area (Å²) >= 11 is 3.40. The molecule has 2 atom stereocenters. The van der Waals surface area contributed by atoms with E-state index in [4.69, 9.17) is 4.74 Å². The molecular formula is C36H39BrFN3O4. The zero-order valence-corrected chi connectivity index (χ0v) is 27.1. The number of piperazine rings is 1. The quantitative estimate of drug-likeness (QED) is 0.223. The third-order valence-corrected chi connectivity index (χ3v) is 9.85. The van der Waals surface area contributed by atoms with Crippen LogP contribution in [0.5, 0.6) is 5.75 Å². The summed E-state index contributed by atoms with van der Waals surface area (Å²) < 4.78 is 20.1. The Bertz CT molecular complexity index is 1590. The fourth-order valence-corrected chi connectivity index (χ4v) is 7.03. The topological polar surface area (TPSA) is 82.1 Å². The minimum Gasteiger partial charge on any atom is -0.492 e. The van der Waals surface area contributed by atoms with Crippen LogP contribution in [0.4, 0.5) is 9.18 Å². The van der Waals surface area contributed by atoms with Gasteiger partial charge in [-0.15, -0.1) is 0 Å². The van der Waals surface area contributed by atoms with E-state index in [1.54, 1.807) is 6.07 Å². The molecule has 2 fully saturated rings. The van der Waals surface area contributed by atoms with Crippen LogP contribution in [0.2, 0.25) is 0 Å². The lowest BCUT2D eigenvalue weighted by atomic mass is 9.81. The van der Waals surface area contributed by atoms with E-state index in [0.29, 0.717) is 44.0 Å². The molecule has 1 saturated carbocycles. The first kappa shape index (κ1) is 31.3. The summed E-state index contributed by atoms with van der Waals surface area (Å²) in [7, 11) is 0. The van der Waals surface area contributed by atoms with Crippen LogP contribution in [-0.4, -0.2) is 71.3 Å². The van der Waals surface area contributed by atoms with Gasteiger partial charge in [-0.3, -0.25) is 9.69 Å². The van der Waals surface area contributed by atoms with Crippen LogP contribution in [0.1, 0.15) is 47.9 Å². The lowest BCUT2D eigenvalue weighted by Crippen LogP contribution is -2.63. The molecule has 3 aromatic carbocycles. The molecule has 9 heteroatoms. The monoisotopic (exact) mass is 675 g/mol. The van der Waals surface area contributed by atoms with Gasteiger partial charge in [0.1, 0.15) is 11.6 Å². The number of carboxylic acid groups (broad SMARTS) is 1. The zero-order chi connectivity index (χ0) is 31.5. The smallest absolute Gasteiger partial charge is 0.408 e. The lowest BCUT2D eigenvalue weighted by molar-refractivity contribution is -0.128. The normalized spacial score (nSPS) is 19.4. The molecule has 2 bridgehead atoms. The lowest BCUT2D eigenvalue weighted by Gasteiger charge is -2.47. The van der Waals surface area contributed by atoms with Crippen molar-refractivity contribution in [2.45, 2.75) is 63.6 Å². The Morgan fingerprint density at radius 3 is 2.58 bits per heavy atom. The predicted octanol–water partition coefficient (Wildman–Crippen LogP) is 6.62. The number of hydrogen-bond donors (Lipinski definition) is 2. The first-order valence-electron chi connectivity index (χ1n) is 15.8. The average molecular weight is 677 g/mol. The number of nitrogens with zero attached hydrogens (tertiary/aromatic N) is 2. The molecule has 2 N–H and O–H groups in total. The van der Waals surface area contributed by atoms with E-state index < -0.39 is 12.1 Å². The molecule has 2 amide bonds. The van der Waals surface area contributed by atoms with Crippen molar-refractivity contribution < 1.29 is 23.8 Å². The van der Waals surface area contributed by atoms with Crippen molar-refractivity contribution in [3.63, 3.8) is 0 Å². The Morgan fingerprint density at radius 2 is 1.84 bits per heavy atom. The summed E-state index contributed by atoms with van der Waals surface area (Å²) in [4.78, 5) is 30.5. The van der Waals surface area contributed by atoms with Crippen molar-refractivity contribution >= 4 is 33.5 Å². The number of hydrogen-bond acceptors (Lipinski definition) is 4. The van der Waals surface area contributed by atoms with E-state index in [9.17, 15) is 19.1 Å². The molecule has 2 heterocycles. The maximum Gasteiger partial charge on any atom is 0.408 e. The Morgan fingerprint density at radius 1 is 1.07 bits per heavy atom. The summed E-state index contributed by atoms with van der Waals surface area (Å²) in [5.74, 6) is 0.113. The second kappa shape index (κ2) is 13.7. The zero-order valence-electron chi connectivity index (χ0n) is 25.5. The molecule has 7 nitrogen and oxygen atoms in total. The third kappa shape index (κ3) is 7.10. The minimum atomic E-state index is -0.975. The number of benzene rings is 3. The average Bonchev–Trinajstić information content (AvgIpc) is 3.87. The van der Waals surface area contributed by atoms with E-state index >= 15 is 0 Å². The maximum absolute atomic E-state index is 14.5. The van der Waals surface area contributed by atoms with Gasteiger partial charge in [-0.1, -0.05) is 48.5 Å². The highest BCUT2D eigenvalue weighted by molar-refractivity contribution is 9.10. The summed E-state index contributed by atoms with van der Waals surface area (Å²) in [6.07, 6.45) is 3.78. The van der Waals surface area contributed by atoms with Crippen molar-refractivity contribution in [2.24, 2.45) is 0 Å². The fourth-order valence-electron chi connectivity index (χ4n) is 6.67. The Hall–Kier alpha value is -3.69. The van der Waals surface area contributed by atoms with E-state index in [2.05, 4.69) is 64.6 Å². The van der Waals surface area contributed by atoms with Gasteiger partial charge < -0.3 is 20.1 Å². The molecule has 3 aromatic rings. The second-order valence-electron chi connectivity index (χ2n) is 12.2. The SMILES string of the molecule is Cc1ccccc1CCN(C(=O)C1=C(c2ccc(CCCOc3cc(F)ccc3Br)cc2)C[C@@H]2CNC[C@H]1N2C(=O)O)C1CC1. The first-order valence-corrected chi connectivity index (χ1v) is 16.6. The summed E-state index contributed by atoms with van der Waals surface area (Å²) in [6, 6.07) is 20.4. The first-order chi connectivity index (χ1) is 21.8. The molecule has 45 heavy (non-hydrogen) atoms. The number of carbonyl (C=O) groups excluding carboxylic acids is 1. The molecule has 236 valence electrons. The van der Waals surface area contributed by atoms with Gasteiger partial charge in [-0.25, -0.2) is 9.18 Å². The maximum atomic E-state index is 14.5. The Kier molecular flexibility index (Phi) is 9.56. The molecule has 2 aliphatic heterocycles. The van der Waals surface area contributed by atoms with Gasteiger partial charge in [-0.2, -0.15) is 0 Å². The fraction of sp³-hybridized carbons (Fsp3) is 0.389. The number of halogens is 2. The highest BCUT2D eigenvalue weighted by Gasteiger charge is 2.46. The molecule has 3 aliphatic rings. The van der Waals surface area contributed by atoms with E-state index in [1.807, 2.05) is 17.0 Å². The third-order valence-electron chi connectivity index (χ3n) is 9.19. The number of rotatable bonds is 11. The number of ether oxygens (including phenoxy) is 1. The van der Waals surface area contributed by atoms with E-state index in [0.717, 1.165) is 53.3 Å². The van der Waals surface area contributed by atoms with Gasteiger partial charge in [0.05, 0.1) is 23.2 Å². The highest BCUT2D eigenvalue weighted by Crippen LogP contribution is 2.39. The molecule has 0 radical (unpaired) electrons. The van der Waals surface area contributed by atoms with E-state index in [-0.39, 0.29) is 23.8 Å². The summed E-state index contributed by atoms with van der Waals surface area (Å²) in [5.41, 5.74) is 6.12.